The maximum Gasteiger partial charge on any atom is 0.261 e. The number of benzene rings is 2. The average molecular weight is 457 g/mol. The van der Waals surface area contributed by atoms with Gasteiger partial charge < -0.3 is 15.0 Å². The van der Waals surface area contributed by atoms with Gasteiger partial charge in [-0.15, -0.1) is 0 Å². The zero-order valence-electron chi connectivity index (χ0n) is 19.1. The van der Waals surface area contributed by atoms with E-state index in [9.17, 15) is 9.59 Å². The summed E-state index contributed by atoms with van der Waals surface area (Å²) in [6.07, 6.45) is 4.26. The topological polar surface area (TPSA) is 58.6 Å². The molecule has 5 nitrogen and oxygen atoms in total. The molecule has 172 valence electrons. The van der Waals surface area contributed by atoms with Gasteiger partial charge in [-0.2, -0.15) is 0 Å². The van der Waals surface area contributed by atoms with Gasteiger partial charge in [-0.3, -0.25) is 9.59 Å². The first-order chi connectivity index (χ1) is 15.3. The molecule has 1 saturated carbocycles. The Bertz CT molecular complexity index is 925. The second-order valence-corrected chi connectivity index (χ2v) is 9.24. The normalized spacial score (nSPS) is 14.9. The number of carbonyl (C=O) groups excluding carboxylic acids is 2. The molecule has 1 atom stereocenters. The third-order valence-corrected chi connectivity index (χ3v) is 6.24. The van der Waals surface area contributed by atoms with Crippen molar-refractivity contribution in [2.45, 2.75) is 71.0 Å². The number of amides is 2. The van der Waals surface area contributed by atoms with Crippen LogP contribution in [0.2, 0.25) is 5.02 Å². The standard InChI is InChI=1S/C26H33ClN2O3/c1-18(2)23-13-6-7-14-24(23)32-17-25(30)29(16-20-9-8-10-21(27)15-20)19(3)26(31)28-22-11-4-5-12-22/h6-10,13-15,18-19,22H,4-5,11-12,16-17H2,1-3H3,(H,28,31)/t19-/m0/s1. The summed E-state index contributed by atoms with van der Waals surface area (Å²) in [6, 6.07) is 14.7. The quantitative estimate of drug-likeness (QED) is 0.555. The van der Waals surface area contributed by atoms with E-state index in [1.165, 1.54) is 0 Å². The van der Waals surface area contributed by atoms with E-state index in [0.29, 0.717) is 10.8 Å². The Morgan fingerprint density at radius 2 is 1.81 bits per heavy atom. The van der Waals surface area contributed by atoms with Crippen molar-refractivity contribution in [3.8, 4) is 5.75 Å². The molecule has 6 heteroatoms. The molecule has 0 unspecified atom stereocenters. The third kappa shape index (κ3) is 6.49. The van der Waals surface area contributed by atoms with Crippen LogP contribution in [-0.2, 0) is 16.1 Å². The highest BCUT2D eigenvalue weighted by molar-refractivity contribution is 6.30. The average Bonchev–Trinajstić information content (AvgIpc) is 3.28. The first-order valence-corrected chi connectivity index (χ1v) is 11.8. The minimum Gasteiger partial charge on any atom is -0.483 e. The van der Waals surface area contributed by atoms with Gasteiger partial charge in [0.2, 0.25) is 5.91 Å². The molecule has 2 aromatic carbocycles. The molecule has 0 radical (unpaired) electrons. The fraction of sp³-hybridized carbons (Fsp3) is 0.462. The van der Waals surface area contributed by atoms with E-state index in [4.69, 9.17) is 16.3 Å². The molecule has 3 rings (SSSR count). The van der Waals surface area contributed by atoms with Crippen LogP contribution in [-0.4, -0.2) is 35.4 Å². The number of carbonyl (C=O) groups is 2. The largest absolute Gasteiger partial charge is 0.483 e. The summed E-state index contributed by atoms with van der Waals surface area (Å²) in [6.45, 7) is 6.10. The Balaban J connectivity index is 1.74. The lowest BCUT2D eigenvalue weighted by Crippen LogP contribution is -2.50. The summed E-state index contributed by atoms with van der Waals surface area (Å²) in [4.78, 5) is 27.8. The fourth-order valence-electron chi connectivity index (χ4n) is 4.12. The molecule has 0 aliphatic heterocycles. The number of nitrogens with zero attached hydrogens (tertiary/aromatic N) is 1. The summed E-state index contributed by atoms with van der Waals surface area (Å²) in [7, 11) is 0. The minimum atomic E-state index is -0.619. The van der Waals surface area contributed by atoms with Gasteiger partial charge in [0, 0.05) is 17.6 Å². The van der Waals surface area contributed by atoms with Crippen LogP contribution >= 0.6 is 11.6 Å². The monoisotopic (exact) mass is 456 g/mol. The van der Waals surface area contributed by atoms with Crippen molar-refractivity contribution in [3.63, 3.8) is 0 Å². The second kappa shape index (κ2) is 11.4. The van der Waals surface area contributed by atoms with Crippen molar-refractivity contribution in [3.05, 3.63) is 64.7 Å². The fourth-order valence-corrected chi connectivity index (χ4v) is 4.33. The van der Waals surface area contributed by atoms with Crippen molar-refractivity contribution in [2.75, 3.05) is 6.61 Å². The van der Waals surface area contributed by atoms with E-state index in [2.05, 4.69) is 19.2 Å². The van der Waals surface area contributed by atoms with Crippen molar-refractivity contribution >= 4 is 23.4 Å². The number of nitrogens with one attached hydrogen (secondary N) is 1. The maximum atomic E-state index is 13.3. The van der Waals surface area contributed by atoms with Crippen molar-refractivity contribution in [1.82, 2.24) is 10.2 Å². The lowest BCUT2D eigenvalue weighted by atomic mass is 10.0. The maximum absolute atomic E-state index is 13.3. The SMILES string of the molecule is CC(C)c1ccccc1OCC(=O)N(Cc1cccc(Cl)c1)[C@@H](C)C(=O)NC1CCCC1. The van der Waals surface area contributed by atoms with Gasteiger partial charge in [-0.05, 0) is 55.0 Å². The highest BCUT2D eigenvalue weighted by Crippen LogP contribution is 2.26. The second-order valence-electron chi connectivity index (χ2n) is 8.80. The summed E-state index contributed by atoms with van der Waals surface area (Å²) in [5.74, 6) is 0.606. The van der Waals surface area contributed by atoms with Gasteiger partial charge in [0.25, 0.3) is 5.91 Å². The molecule has 2 aromatic rings. The molecule has 0 saturated heterocycles. The zero-order valence-corrected chi connectivity index (χ0v) is 19.9. The van der Waals surface area contributed by atoms with Crippen LogP contribution in [0.25, 0.3) is 0 Å². The third-order valence-electron chi connectivity index (χ3n) is 6.00. The van der Waals surface area contributed by atoms with E-state index in [-0.39, 0.29) is 36.9 Å². The molecule has 0 aromatic heterocycles. The van der Waals surface area contributed by atoms with Crippen molar-refractivity contribution in [2.24, 2.45) is 0 Å². The molecule has 1 N–H and O–H groups in total. The summed E-state index contributed by atoms with van der Waals surface area (Å²) < 4.78 is 5.92. The number of rotatable bonds is 9. The van der Waals surface area contributed by atoms with E-state index in [0.717, 1.165) is 36.8 Å². The van der Waals surface area contributed by atoms with Gasteiger partial charge >= 0.3 is 0 Å². The van der Waals surface area contributed by atoms with Crippen molar-refractivity contribution < 1.29 is 14.3 Å². The van der Waals surface area contributed by atoms with Gasteiger partial charge in [0.15, 0.2) is 6.61 Å². The number of halogens is 1. The van der Waals surface area contributed by atoms with Crippen LogP contribution in [0.4, 0.5) is 0 Å². The molecule has 2 amide bonds. The molecule has 0 spiro atoms. The minimum absolute atomic E-state index is 0.130. The van der Waals surface area contributed by atoms with Gasteiger partial charge in [-0.1, -0.05) is 68.6 Å². The first-order valence-electron chi connectivity index (χ1n) is 11.4. The molecule has 1 fully saturated rings. The van der Waals surface area contributed by atoms with Crippen molar-refractivity contribution in [1.29, 1.82) is 0 Å². The lowest BCUT2D eigenvalue weighted by molar-refractivity contribution is -0.142. The predicted molar refractivity (Wildman–Crippen MR) is 128 cm³/mol. The van der Waals surface area contributed by atoms with Gasteiger partial charge in [0.05, 0.1) is 0 Å². The summed E-state index contributed by atoms with van der Waals surface area (Å²) in [5.41, 5.74) is 1.92. The van der Waals surface area contributed by atoms with Crippen LogP contribution < -0.4 is 10.1 Å². The molecular weight excluding hydrogens is 424 g/mol. The number of hydrogen-bond acceptors (Lipinski definition) is 3. The Labute approximate surface area is 196 Å². The summed E-state index contributed by atoms with van der Waals surface area (Å²) >= 11 is 6.14. The molecular formula is C26H33ClN2O3. The lowest BCUT2D eigenvalue weighted by Gasteiger charge is -2.30. The Morgan fingerprint density at radius 3 is 2.50 bits per heavy atom. The molecule has 1 aliphatic carbocycles. The van der Waals surface area contributed by atoms with Crippen LogP contribution in [0.1, 0.15) is 63.5 Å². The van der Waals surface area contributed by atoms with Crippen LogP contribution in [0.15, 0.2) is 48.5 Å². The Kier molecular flexibility index (Phi) is 8.57. The van der Waals surface area contributed by atoms with E-state index in [1.807, 2.05) is 42.5 Å². The molecule has 0 heterocycles. The molecule has 1 aliphatic rings. The number of hydrogen-bond donors (Lipinski definition) is 1. The van der Waals surface area contributed by atoms with E-state index < -0.39 is 6.04 Å². The van der Waals surface area contributed by atoms with E-state index in [1.54, 1.807) is 17.9 Å². The smallest absolute Gasteiger partial charge is 0.261 e. The molecule has 32 heavy (non-hydrogen) atoms. The Morgan fingerprint density at radius 1 is 1.09 bits per heavy atom. The van der Waals surface area contributed by atoms with Crippen LogP contribution in [0.3, 0.4) is 0 Å². The highest BCUT2D eigenvalue weighted by atomic mass is 35.5. The first kappa shape index (κ1) is 24.1. The predicted octanol–water partition coefficient (Wildman–Crippen LogP) is 5.32. The Hall–Kier alpha value is -2.53. The number of para-hydroxylation sites is 1. The highest BCUT2D eigenvalue weighted by Gasteiger charge is 2.29. The van der Waals surface area contributed by atoms with Crippen LogP contribution in [0, 0.1) is 0 Å². The van der Waals surface area contributed by atoms with E-state index >= 15 is 0 Å². The van der Waals surface area contributed by atoms with Crippen LogP contribution in [0.5, 0.6) is 5.75 Å². The van der Waals surface area contributed by atoms with Gasteiger partial charge in [-0.25, -0.2) is 0 Å². The summed E-state index contributed by atoms with van der Waals surface area (Å²) in [5, 5.41) is 3.71. The molecule has 0 bridgehead atoms. The van der Waals surface area contributed by atoms with Gasteiger partial charge in [0.1, 0.15) is 11.8 Å². The zero-order chi connectivity index (χ0) is 23.1. The number of ether oxygens (including phenoxy) is 1.